The van der Waals surface area contributed by atoms with Crippen molar-refractivity contribution in [3.63, 3.8) is 0 Å². The van der Waals surface area contributed by atoms with Crippen LogP contribution in [0.1, 0.15) is 25.7 Å². The van der Waals surface area contributed by atoms with Crippen LogP contribution >= 0.6 is 0 Å². The highest BCUT2D eigenvalue weighted by Gasteiger charge is 2.36. The molecule has 6 aliphatic heterocycles. The van der Waals surface area contributed by atoms with Gasteiger partial charge in [0.2, 0.25) is 0 Å². The average molecular weight is 749 g/mol. The second-order valence-electron chi connectivity index (χ2n) is 15.6. The second kappa shape index (κ2) is 14.7. The van der Waals surface area contributed by atoms with Gasteiger partial charge in [-0.1, -0.05) is 36.4 Å². The number of rotatable bonds is 10. The van der Waals surface area contributed by atoms with Crippen LogP contribution in [0, 0.1) is 11.8 Å². The summed E-state index contributed by atoms with van der Waals surface area (Å²) in [5, 5.41) is 1.51. The number of fused-ring (bicyclic) bond motifs is 8. The summed E-state index contributed by atoms with van der Waals surface area (Å²) in [6.07, 6.45) is 10.8. The maximum atomic E-state index is 12.9. The monoisotopic (exact) mass is 748 g/mol. The van der Waals surface area contributed by atoms with Crippen molar-refractivity contribution >= 4 is 33.7 Å². The van der Waals surface area contributed by atoms with Gasteiger partial charge in [-0.25, -0.2) is 9.59 Å². The van der Waals surface area contributed by atoms with E-state index in [0.29, 0.717) is 23.3 Å². The lowest BCUT2D eigenvalue weighted by molar-refractivity contribution is -0.131. The molecule has 10 nitrogen and oxygen atoms in total. The van der Waals surface area contributed by atoms with Crippen LogP contribution < -0.4 is 18.9 Å². The zero-order valence-corrected chi connectivity index (χ0v) is 31.1. The van der Waals surface area contributed by atoms with E-state index in [0.717, 1.165) is 80.8 Å². The quantitative estimate of drug-likeness (QED) is 0.107. The number of benzene rings is 4. The van der Waals surface area contributed by atoms with Gasteiger partial charge in [0.1, 0.15) is 23.7 Å². The molecule has 6 saturated heterocycles. The Bertz CT molecular complexity index is 2250. The van der Waals surface area contributed by atoms with Crippen LogP contribution in [0.3, 0.4) is 0 Å². The Morgan fingerprint density at radius 2 is 0.929 bits per heavy atom. The molecular formula is C46H44N4O6. The van der Waals surface area contributed by atoms with Gasteiger partial charge in [-0.15, -0.1) is 0 Å². The molecule has 284 valence electrons. The number of hydrogen-bond donors (Lipinski definition) is 2. The summed E-state index contributed by atoms with van der Waals surface area (Å²) in [4.78, 5) is 37.1. The van der Waals surface area contributed by atoms with Gasteiger partial charge in [-0.3, -0.25) is 9.80 Å². The number of aromatic amines is 2. The highest BCUT2D eigenvalue weighted by Crippen LogP contribution is 2.36. The lowest BCUT2D eigenvalue weighted by Gasteiger charge is -2.44. The normalized spacial score (nSPS) is 24.1. The summed E-state index contributed by atoms with van der Waals surface area (Å²) < 4.78 is 24.1. The van der Waals surface area contributed by atoms with Gasteiger partial charge in [-0.2, -0.15) is 0 Å². The number of carbonyl (C=O) groups excluding carboxylic acids is 2. The molecule has 0 spiro atoms. The highest BCUT2D eigenvalue weighted by molar-refractivity contribution is 5.98. The first kappa shape index (κ1) is 34.6. The van der Waals surface area contributed by atoms with Gasteiger partial charge in [-0.05, 0) is 134 Å². The van der Waals surface area contributed by atoms with E-state index in [4.69, 9.17) is 18.9 Å². The third-order valence-corrected chi connectivity index (χ3v) is 12.2. The van der Waals surface area contributed by atoms with Crippen LogP contribution in [0.4, 0.5) is 0 Å². The van der Waals surface area contributed by atoms with E-state index < -0.39 is 11.9 Å². The van der Waals surface area contributed by atoms with E-state index in [9.17, 15) is 9.59 Å². The van der Waals surface area contributed by atoms with E-state index in [-0.39, 0.29) is 12.2 Å². The third kappa shape index (κ3) is 7.06. The Hall–Kier alpha value is -5.84. The minimum Gasteiger partial charge on any atom is -0.489 e. The molecule has 0 unspecified atom stereocenters. The predicted octanol–water partition coefficient (Wildman–Crippen LogP) is 8.00. The van der Waals surface area contributed by atoms with E-state index in [2.05, 4.69) is 44.0 Å². The number of piperidine rings is 6. The molecule has 12 rings (SSSR count). The first-order valence-electron chi connectivity index (χ1n) is 19.8. The number of nitrogens with one attached hydrogen (secondary N) is 2. The Balaban J connectivity index is 0.766. The molecule has 6 aromatic rings. The standard InChI is InChI=1S/C46H44N4O6/c51-45(55-41-25-47-39-11-5-33(23-37(39)41)29-1-7-35(8-2-29)53-43-27-49-19-15-31(43)16-20-49)13-14-46(52)56-42-26-48-40-12-6-34(24-38(40)42)30-3-9-36(10-4-30)54-44-28-50-21-17-32(44)18-22-50/h1-14,23-26,31-32,43-44,47-48H,15-22,27-28H2/b14-13+/t43-,44-/m0/s1. The second-order valence-corrected chi connectivity index (χ2v) is 15.6. The number of aromatic nitrogens is 2. The number of ether oxygens (including phenoxy) is 4. The molecule has 0 aliphatic carbocycles. The highest BCUT2D eigenvalue weighted by atomic mass is 16.5. The summed E-state index contributed by atoms with van der Waals surface area (Å²) in [6.45, 7) is 6.76. The first-order chi connectivity index (χ1) is 27.5. The number of hydrogen-bond acceptors (Lipinski definition) is 8. The largest absolute Gasteiger partial charge is 0.489 e. The van der Waals surface area contributed by atoms with Crippen molar-refractivity contribution < 1.29 is 28.5 Å². The minimum absolute atomic E-state index is 0.254. The topological polar surface area (TPSA) is 109 Å². The van der Waals surface area contributed by atoms with E-state index in [1.54, 1.807) is 12.4 Å². The predicted molar refractivity (Wildman–Crippen MR) is 215 cm³/mol. The molecule has 2 atom stereocenters. The van der Waals surface area contributed by atoms with Gasteiger partial charge in [0.15, 0.2) is 11.5 Å². The van der Waals surface area contributed by atoms with Crippen LogP contribution in [-0.2, 0) is 9.59 Å². The summed E-state index contributed by atoms with van der Waals surface area (Å²) in [5.41, 5.74) is 5.68. The Labute approximate surface area is 325 Å². The zero-order valence-electron chi connectivity index (χ0n) is 31.1. The fourth-order valence-corrected chi connectivity index (χ4v) is 9.03. The maximum Gasteiger partial charge on any atom is 0.336 e. The fraction of sp³-hybridized carbons (Fsp3) is 0.304. The zero-order chi connectivity index (χ0) is 37.6. The van der Waals surface area contributed by atoms with Crippen molar-refractivity contribution in [3.05, 3.63) is 109 Å². The van der Waals surface area contributed by atoms with Crippen LogP contribution in [0.25, 0.3) is 44.1 Å². The summed E-state index contributed by atoms with van der Waals surface area (Å²) >= 11 is 0. The fourth-order valence-electron chi connectivity index (χ4n) is 9.03. The molecule has 0 amide bonds. The molecule has 0 saturated carbocycles. The van der Waals surface area contributed by atoms with Gasteiger partial charge < -0.3 is 28.9 Å². The van der Waals surface area contributed by atoms with Crippen molar-refractivity contribution in [3.8, 4) is 45.3 Å². The van der Waals surface area contributed by atoms with Gasteiger partial charge >= 0.3 is 11.9 Å². The lowest BCUT2D eigenvalue weighted by atomic mass is 9.86. The van der Waals surface area contributed by atoms with Crippen molar-refractivity contribution in [1.82, 2.24) is 19.8 Å². The molecule has 6 aliphatic rings. The summed E-state index contributed by atoms with van der Waals surface area (Å²) in [5.74, 6) is 2.41. The molecule has 6 fully saturated rings. The lowest BCUT2D eigenvalue weighted by Crippen LogP contribution is -2.52. The van der Waals surface area contributed by atoms with Crippen molar-refractivity contribution in [2.75, 3.05) is 39.3 Å². The molecule has 56 heavy (non-hydrogen) atoms. The van der Waals surface area contributed by atoms with Crippen molar-refractivity contribution in [2.45, 2.75) is 37.9 Å². The van der Waals surface area contributed by atoms with E-state index in [1.165, 1.54) is 51.9 Å². The minimum atomic E-state index is -0.690. The van der Waals surface area contributed by atoms with Crippen LogP contribution in [0.15, 0.2) is 109 Å². The van der Waals surface area contributed by atoms with Crippen molar-refractivity contribution in [2.24, 2.45) is 11.8 Å². The first-order valence-corrected chi connectivity index (χ1v) is 19.8. The number of carbonyl (C=O) groups is 2. The molecule has 4 aromatic carbocycles. The molecule has 2 aromatic heterocycles. The molecule has 8 heterocycles. The van der Waals surface area contributed by atoms with Crippen LogP contribution in [0.2, 0.25) is 0 Å². The van der Waals surface area contributed by atoms with E-state index in [1.807, 2.05) is 60.7 Å². The number of esters is 2. The van der Waals surface area contributed by atoms with Gasteiger partial charge in [0, 0.05) is 59.4 Å². The van der Waals surface area contributed by atoms with Crippen LogP contribution in [0.5, 0.6) is 23.0 Å². The molecule has 4 bridgehead atoms. The molecule has 10 heteroatoms. The van der Waals surface area contributed by atoms with Crippen molar-refractivity contribution in [1.29, 1.82) is 0 Å². The summed E-state index contributed by atoms with van der Waals surface area (Å²) in [7, 11) is 0. The van der Waals surface area contributed by atoms with Crippen LogP contribution in [-0.4, -0.2) is 83.2 Å². The Kier molecular flexibility index (Phi) is 9.07. The number of nitrogens with zero attached hydrogens (tertiary/aromatic N) is 2. The third-order valence-electron chi connectivity index (χ3n) is 12.2. The molecular weight excluding hydrogens is 705 g/mol. The Morgan fingerprint density at radius 1 is 0.536 bits per heavy atom. The Morgan fingerprint density at radius 3 is 1.30 bits per heavy atom. The maximum absolute atomic E-state index is 12.9. The number of H-pyrrole nitrogens is 2. The molecule has 2 N–H and O–H groups in total. The van der Waals surface area contributed by atoms with Gasteiger partial charge in [0.25, 0.3) is 0 Å². The van der Waals surface area contributed by atoms with E-state index >= 15 is 0 Å². The average Bonchev–Trinajstić information content (AvgIpc) is 3.84. The SMILES string of the molecule is O=C(/C=C/C(=O)Oc1c[nH]c2ccc(-c3ccc(O[C@H]4CN5CCC4CC5)cc3)cc12)Oc1c[nH]c2ccc(-c3ccc(O[C@H]4CN5CCC4CC5)cc3)cc12. The summed E-state index contributed by atoms with van der Waals surface area (Å²) in [6, 6.07) is 28.3. The van der Waals surface area contributed by atoms with Gasteiger partial charge in [0.05, 0.1) is 0 Å². The smallest absolute Gasteiger partial charge is 0.336 e. The molecule has 0 radical (unpaired) electrons.